The molecule has 0 bridgehead atoms. The predicted octanol–water partition coefficient (Wildman–Crippen LogP) is 2.61. The number of rotatable bonds is 7. The number of morpholine rings is 2. The fourth-order valence-electron chi connectivity index (χ4n) is 3.96. The molecule has 2 N–H and O–H groups in total. The molecule has 2 aliphatic heterocycles. The third kappa shape index (κ3) is 6.39. The van der Waals surface area contributed by atoms with E-state index in [1.54, 1.807) is 6.92 Å². The summed E-state index contributed by atoms with van der Waals surface area (Å²) in [5.41, 5.74) is 3.62. The van der Waals surface area contributed by atoms with E-state index in [-0.39, 0.29) is 12.5 Å². The third-order valence-electron chi connectivity index (χ3n) is 5.91. The van der Waals surface area contributed by atoms with Gasteiger partial charge in [-0.2, -0.15) is 0 Å². The third-order valence-corrected chi connectivity index (χ3v) is 5.91. The maximum atomic E-state index is 12.9. The van der Waals surface area contributed by atoms with Gasteiger partial charge in [0.2, 0.25) is 5.91 Å². The van der Waals surface area contributed by atoms with Gasteiger partial charge in [0.1, 0.15) is 12.6 Å². The summed E-state index contributed by atoms with van der Waals surface area (Å²) in [6.45, 7) is 7.62. The summed E-state index contributed by atoms with van der Waals surface area (Å²) < 4.78 is 16.2. The summed E-state index contributed by atoms with van der Waals surface area (Å²) >= 11 is 0. The van der Waals surface area contributed by atoms with Crippen LogP contribution in [0.2, 0.25) is 0 Å². The van der Waals surface area contributed by atoms with Crippen LogP contribution in [0.1, 0.15) is 12.5 Å². The van der Waals surface area contributed by atoms with Crippen LogP contribution in [0.25, 0.3) is 0 Å². The van der Waals surface area contributed by atoms with Gasteiger partial charge in [-0.05, 0) is 30.7 Å². The van der Waals surface area contributed by atoms with Crippen molar-refractivity contribution in [3.63, 3.8) is 0 Å². The van der Waals surface area contributed by atoms with Crippen LogP contribution in [0.5, 0.6) is 0 Å². The van der Waals surface area contributed by atoms with E-state index < -0.39 is 12.1 Å². The minimum absolute atomic E-state index is 0.144. The highest BCUT2D eigenvalue weighted by molar-refractivity contribution is 5.99. The van der Waals surface area contributed by atoms with Crippen molar-refractivity contribution in [3.05, 3.63) is 54.1 Å². The fourth-order valence-corrected chi connectivity index (χ4v) is 3.96. The summed E-state index contributed by atoms with van der Waals surface area (Å²) in [7, 11) is 0. The van der Waals surface area contributed by atoms with Gasteiger partial charge in [-0.15, -0.1) is 0 Å². The topological polar surface area (TPSA) is 92.4 Å². The number of anilines is 3. The number of carbonyl (C=O) groups excluding carboxylic acids is 2. The van der Waals surface area contributed by atoms with Gasteiger partial charge in [0.05, 0.1) is 37.8 Å². The van der Waals surface area contributed by atoms with Gasteiger partial charge in [-0.25, -0.2) is 4.79 Å². The van der Waals surface area contributed by atoms with Crippen LogP contribution in [0.4, 0.5) is 21.9 Å². The van der Waals surface area contributed by atoms with Crippen LogP contribution in [0, 0.1) is 0 Å². The number of amides is 2. The van der Waals surface area contributed by atoms with Crippen molar-refractivity contribution in [2.45, 2.75) is 19.6 Å². The number of nitrogens with zero attached hydrogens (tertiary/aromatic N) is 2. The van der Waals surface area contributed by atoms with Crippen molar-refractivity contribution in [1.82, 2.24) is 5.32 Å². The zero-order valence-electron chi connectivity index (χ0n) is 19.5. The highest BCUT2D eigenvalue weighted by atomic mass is 16.5. The highest BCUT2D eigenvalue weighted by Gasteiger charge is 2.22. The van der Waals surface area contributed by atoms with Gasteiger partial charge >= 0.3 is 6.09 Å². The van der Waals surface area contributed by atoms with E-state index in [0.29, 0.717) is 32.1 Å². The predicted molar refractivity (Wildman–Crippen MR) is 130 cm³/mol. The number of hydrogen-bond donors (Lipinski definition) is 2. The lowest BCUT2D eigenvalue weighted by Gasteiger charge is -2.33. The Balaban J connectivity index is 1.40. The SMILES string of the molecule is C[C@H](NC(=O)OCc1ccccc1)C(=O)Nc1ccc(N2CCOCC2)cc1N1CCOCC1. The average Bonchev–Trinajstić information content (AvgIpc) is 2.89. The van der Waals surface area contributed by atoms with Crippen LogP contribution < -0.4 is 20.4 Å². The lowest BCUT2D eigenvalue weighted by Crippen LogP contribution is -2.42. The van der Waals surface area contributed by atoms with E-state index in [0.717, 1.165) is 43.1 Å². The largest absolute Gasteiger partial charge is 0.445 e. The zero-order chi connectivity index (χ0) is 23.8. The normalized spacial score (nSPS) is 17.1. The molecule has 2 saturated heterocycles. The fraction of sp³-hybridized carbons (Fsp3) is 0.440. The second kappa shape index (κ2) is 11.7. The average molecular weight is 469 g/mol. The summed E-state index contributed by atoms with van der Waals surface area (Å²) in [5, 5.41) is 5.59. The monoisotopic (exact) mass is 468 g/mol. The van der Waals surface area contributed by atoms with Crippen LogP contribution in [0.3, 0.4) is 0 Å². The number of benzene rings is 2. The molecule has 2 heterocycles. The molecule has 0 spiro atoms. The van der Waals surface area contributed by atoms with Crippen molar-refractivity contribution in [2.75, 3.05) is 67.7 Å². The minimum atomic E-state index is -0.764. The van der Waals surface area contributed by atoms with Crippen molar-refractivity contribution in [2.24, 2.45) is 0 Å². The van der Waals surface area contributed by atoms with Gasteiger partial charge in [0, 0.05) is 31.9 Å². The first-order valence-electron chi connectivity index (χ1n) is 11.7. The van der Waals surface area contributed by atoms with Gasteiger partial charge in [-0.3, -0.25) is 4.79 Å². The summed E-state index contributed by atoms with van der Waals surface area (Å²) in [4.78, 5) is 29.6. The Hall–Kier alpha value is -3.30. The highest BCUT2D eigenvalue weighted by Crippen LogP contribution is 2.32. The second-order valence-electron chi connectivity index (χ2n) is 8.32. The molecule has 0 aliphatic carbocycles. The van der Waals surface area contributed by atoms with E-state index in [2.05, 4.69) is 26.5 Å². The zero-order valence-corrected chi connectivity index (χ0v) is 19.5. The van der Waals surface area contributed by atoms with Crippen molar-refractivity contribution in [1.29, 1.82) is 0 Å². The molecule has 2 aromatic carbocycles. The summed E-state index contributed by atoms with van der Waals surface area (Å²) in [6.07, 6.45) is -0.637. The standard InChI is InChI=1S/C25H32N4O5/c1-19(26-25(31)34-18-20-5-3-2-4-6-20)24(30)27-22-8-7-21(28-9-13-32-14-10-28)17-23(22)29-11-15-33-16-12-29/h2-8,17,19H,9-16,18H2,1H3,(H,26,31)(H,27,30)/t19-/m0/s1. The smallest absolute Gasteiger partial charge is 0.408 e. The molecule has 2 aliphatic rings. The lowest BCUT2D eigenvalue weighted by molar-refractivity contribution is -0.117. The molecule has 0 saturated carbocycles. The summed E-state index contributed by atoms with van der Waals surface area (Å²) in [5.74, 6) is -0.315. The first-order valence-corrected chi connectivity index (χ1v) is 11.7. The van der Waals surface area contributed by atoms with Crippen molar-refractivity contribution >= 4 is 29.1 Å². The van der Waals surface area contributed by atoms with E-state index in [1.165, 1.54) is 0 Å². The molecule has 2 fully saturated rings. The minimum Gasteiger partial charge on any atom is -0.445 e. The van der Waals surface area contributed by atoms with Crippen molar-refractivity contribution < 1.29 is 23.8 Å². The van der Waals surface area contributed by atoms with E-state index in [9.17, 15) is 9.59 Å². The number of hydrogen-bond acceptors (Lipinski definition) is 7. The van der Waals surface area contributed by atoms with Gasteiger partial charge in [-0.1, -0.05) is 30.3 Å². The first-order chi connectivity index (χ1) is 16.6. The molecule has 9 heteroatoms. The second-order valence-corrected chi connectivity index (χ2v) is 8.32. The molecule has 34 heavy (non-hydrogen) atoms. The molecule has 1 atom stereocenters. The molecule has 2 amide bonds. The van der Waals surface area contributed by atoms with Gasteiger partial charge in [0.15, 0.2) is 0 Å². The van der Waals surface area contributed by atoms with E-state index in [4.69, 9.17) is 14.2 Å². The number of nitrogens with one attached hydrogen (secondary N) is 2. The molecule has 2 aromatic rings. The lowest BCUT2D eigenvalue weighted by atomic mass is 10.1. The summed E-state index contributed by atoms with van der Waals surface area (Å²) in [6, 6.07) is 14.7. The number of ether oxygens (including phenoxy) is 3. The molecule has 0 aromatic heterocycles. The molecular weight excluding hydrogens is 436 g/mol. The van der Waals surface area contributed by atoms with Crippen LogP contribution in [0.15, 0.2) is 48.5 Å². The molecule has 9 nitrogen and oxygen atoms in total. The Labute approximate surface area is 200 Å². The molecular formula is C25H32N4O5. The molecule has 0 unspecified atom stereocenters. The van der Waals surface area contributed by atoms with Gasteiger partial charge in [0.25, 0.3) is 0 Å². The number of carbonyl (C=O) groups is 2. The quantitative estimate of drug-likeness (QED) is 0.645. The van der Waals surface area contributed by atoms with E-state index >= 15 is 0 Å². The van der Waals surface area contributed by atoms with Crippen LogP contribution in [-0.2, 0) is 25.6 Å². The Bertz CT molecular complexity index is 959. The first kappa shape index (κ1) is 23.8. The maximum absolute atomic E-state index is 12.9. The van der Waals surface area contributed by atoms with Crippen LogP contribution >= 0.6 is 0 Å². The molecule has 182 valence electrons. The Morgan fingerprint density at radius 1 is 0.941 bits per heavy atom. The van der Waals surface area contributed by atoms with Crippen molar-refractivity contribution in [3.8, 4) is 0 Å². The Morgan fingerprint density at radius 3 is 2.26 bits per heavy atom. The van der Waals surface area contributed by atoms with Crippen LogP contribution in [-0.4, -0.2) is 70.6 Å². The molecule has 4 rings (SSSR count). The Morgan fingerprint density at radius 2 is 1.59 bits per heavy atom. The van der Waals surface area contributed by atoms with E-state index in [1.807, 2.05) is 42.5 Å². The molecule has 0 radical (unpaired) electrons. The Kier molecular flexibility index (Phi) is 8.21. The maximum Gasteiger partial charge on any atom is 0.408 e. The van der Waals surface area contributed by atoms with Gasteiger partial charge < -0.3 is 34.6 Å². The number of alkyl carbamates (subject to hydrolysis) is 1.